The first-order chi connectivity index (χ1) is 7.68. The number of nitrogens with two attached hydrogens (primary N) is 1. The second kappa shape index (κ2) is 3.30. The number of hydrogen-bond acceptors (Lipinski definition) is 2. The first-order valence-electron chi connectivity index (χ1n) is 4.73. The highest BCUT2D eigenvalue weighted by atomic mass is 35.5. The zero-order chi connectivity index (χ0) is 11.3. The fourth-order valence-electron chi connectivity index (χ4n) is 1.84. The second-order valence-corrected chi connectivity index (χ2v) is 4.37. The summed E-state index contributed by atoms with van der Waals surface area (Å²) in [6, 6.07) is 9.29. The van der Waals surface area contributed by atoms with E-state index in [2.05, 4.69) is 0 Å². The highest BCUT2D eigenvalue weighted by Crippen LogP contribution is 2.40. The van der Waals surface area contributed by atoms with Crippen LogP contribution in [0, 0.1) is 0 Å². The van der Waals surface area contributed by atoms with Crippen LogP contribution in [0.5, 0.6) is 0 Å². The molecule has 0 aliphatic heterocycles. The van der Waals surface area contributed by atoms with E-state index >= 15 is 0 Å². The topological polar surface area (TPSA) is 39.2 Å². The molecule has 1 heterocycles. The molecule has 1 aromatic heterocycles. The van der Waals surface area contributed by atoms with Crippen molar-refractivity contribution in [3.05, 3.63) is 40.4 Å². The summed E-state index contributed by atoms with van der Waals surface area (Å²) in [6.07, 6.45) is 0. The third kappa shape index (κ3) is 1.20. The minimum absolute atomic E-state index is 0.413. The summed E-state index contributed by atoms with van der Waals surface area (Å²) < 4.78 is 5.65. The van der Waals surface area contributed by atoms with Crippen LogP contribution < -0.4 is 5.73 Å². The van der Waals surface area contributed by atoms with Crippen LogP contribution >= 0.6 is 23.2 Å². The van der Waals surface area contributed by atoms with Gasteiger partial charge in [-0.2, -0.15) is 0 Å². The molecule has 4 heteroatoms. The van der Waals surface area contributed by atoms with E-state index in [1.54, 1.807) is 6.07 Å². The van der Waals surface area contributed by atoms with Crippen molar-refractivity contribution in [1.82, 2.24) is 0 Å². The van der Waals surface area contributed by atoms with Crippen LogP contribution in [0.25, 0.3) is 21.9 Å². The van der Waals surface area contributed by atoms with Gasteiger partial charge in [0.1, 0.15) is 5.58 Å². The maximum atomic E-state index is 6.15. The number of furan rings is 1. The monoisotopic (exact) mass is 251 g/mol. The second-order valence-electron chi connectivity index (χ2n) is 3.56. The van der Waals surface area contributed by atoms with Gasteiger partial charge in [-0.15, -0.1) is 0 Å². The van der Waals surface area contributed by atoms with Crippen LogP contribution in [0.15, 0.2) is 34.7 Å². The van der Waals surface area contributed by atoms with Crippen LogP contribution in [-0.4, -0.2) is 0 Å². The Morgan fingerprint density at radius 1 is 1.06 bits per heavy atom. The van der Waals surface area contributed by atoms with Gasteiger partial charge in [0.15, 0.2) is 5.58 Å². The maximum absolute atomic E-state index is 6.15. The van der Waals surface area contributed by atoms with E-state index in [1.807, 2.05) is 24.3 Å². The van der Waals surface area contributed by atoms with Crippen LogP contribution in [-0.2, 0) is 0 Å². The van der Waals surface area contributed by atoms with Gasteiger partial charge in [-0.05, 0) is 12.1 Å². The van der Waals surface area contributed by atoms with Gasteiger partial charge in [0.05, 0.1) is 15.7 Å². The van der Waals surface area contributed by atoms with Crippen LogP contribution in [0.3, 0.4) is 0 Å². The Morgan fingerprint density at radius 2 is 1.81 bits per heavy atom. The standard InChI is InChI=1S/C12H7Cl2NO/c13-7-5-8(14)11(15)12-10(7)6-3-1-2-4-9(6)16-12/h1-5H,15H2. The van der Waals surface area contributed by atoms with E-state index in [4.69, 9.17) is 33.4 Å². The zero-order valence-electron chi connectivity index (χ0n) is 8.13. The fraction of sp³-hybridized carbons (Fsp3) is 0. The van der Waals surface area contributed by atoms with E-state index in [1.165, 1.54) is 0 Å². The molecule has 0 bridgehead atoms. The van der Waals surface area contributed by atoms with Gasteiger partial charge >= 0.3 is 0 Å². The van der Waals surface area contributed by atoms with Crippen molar-refractivity contribution in [1.29, 1.82) is 0 Å². The Bertz CT molecular complexity index is 703. The van der Waals surface area contributed by atoms with Crippen molar-refractivity contribution in [2.24, 2.45) is 0 Å². The molecule has 3 aromatic rings. The molecule has 2 N–H and O–H groups in total. The molecule has 2 aromatic carbocycles. The molecule has 2 nitrogen and oxygen atoms in total. The molecular weight excluding hydrogens is 245 g/mol. The minimum atomic E-state index is 0.413. The van der Waals surface area contributed by atoms with E-state index in [-0.39, 0.29) is 0 Å². The summed E-state index contributed by atoms with van der Waals surface area (Å²) in [5, 5.41) is 2.74. The quantitative estimate of drug-likeness (QED) is 0.599. The lowest BCUT2D eigenvalue weighted by molar-refractivity contribution is 0.670. The highest BCUT2D eigenvalue weighted by Gasteiger charge is 2.14. The SMILES string of the molecule is Nc1c(Cl)cc(Cl)c2c1oc1ccccc12. The smallest absolute Gasteiger partial charge is 0.161 e. The lowest BCUT2D eigenvalue weighted by atomic mass is 10.1. The summed E-state index contributed by atoms with van der Waals surface area (Å²) >= 11 is 12.1. The van der Waals surface area contributed by atoms with E-state index < -0.39 is 0 Å². The summed E-state index contributed by atoms with van der Waals surface area (Å²) in [5.41, 5.74) is 7.61. The molecule has 0 spiro atoms. The number of halogens is 2. The van der Waals surface area contributed by atoms with Crippen molar-refractivity contribution in [2.45, 2.75) is 0 Å². The normalized spacial score (nSPS) is 11.4. The van der Waals surface area contributed by atoms with Crippen molar-refractivity contribution in [3.63, 3.8) is 0 Å². The van der Waals surface area contributed by atoms with Gasteiger partial charge < -0.3 is 10.2 Å². The molecule has 0 unspecified atom stereocenters. The van der Waals surface area contributed by atoms with Crippen molar-refractivity contribution < 1.29 is 4.42 Å². The average Bonchev–Trinajstić information content (AvgIpc) is 2.65. The van der Waals surface area contributed by atoms with Gasteiger partial charge in [-0.1, -0.05) is 41.4 Å². The zero-order valence-corrected chi connectivity index (χ0v) is 9.64. The Morgan fingerprint density at radius 3 is 2.62 bits per heavy atom. The summed E-state index contributed by atoms with van der Waals surface area (Å²) in [6.45, 7) is 0. The minimum Gasteiger partial charge on any atom is -0.454 e. The van der Waals surface area contributed by atoms with Crippen LogP contribution in [0.1, 0.15) is 0 Å². The Balaban J connectivity index is 2.64. The van der Waals surface area contributed by atoms with Gasteiger partial charge in [0.2, 0.25) is 0 Å². The number of anilines is 1. The van der Waals surface area contributed by atoms with E-state index in [0.29, 0.717) is 21.3 Å². The van der Waals surface area contributed by atoms with Gasteiger partial charge in [0.25, 0.3) is 0 Å². The molecular formula is C12H7Cl2NO. The third-order valence-corrected chi connectivity index (χ3v) is 3.20. The van der Waals surface area contributed by atoms with Crippen molar-refractivity contribution in [3.8, 4) is 0 Å². The lowest BCUT2D eigenvalue weighted by Gasteiger charge is -2.00. The molecule has 0 fully saturated rings. The predicted molar refractivity (Wildman–Crippen MR) is 68.2 cm³/mol. The molecule has 0 aliphatic carbocycles. The first-order valence-corrected chi connectivity index (χ1v) is 5.49. The molecule has 3 rings (SSSR count). The molecule has 16 heavy (non-hydrogen) atoms. The van der Waals surface area contributed by atoms with Crippen LogP contribution in [0.4, 0.5) is 5.69 Å². The number of para-hydroxylation sites is 1. The number of benzene rings is 2. The molecule has 0 radical (unpaired) electrons. The number of hydrogen-bond donors (Lipinski definition) is 1. The van der Waals surface area contributed by atoms with E-state index in [9.17, 15) is 0 Å². The molecule has 0 saturated heterocycles. The fourth-order valence-corrected chi connectivity index (χ4v) is 2.39. The molecule has 0 atom stereocenters. The van der Waals surface area contributed by atoms with Crippen LogP contribution in [0.2, 0.25) is 10.0 Å². The van der Waals surface area contributed by atoms with Crippen molar-refractivity contribution >= 4 is 50.8 Å². The van der Waals surface area contributed by atoms with E-state index in [0.717, 1.165) is 16.4 Å². The predicted octanol–water partition coefficient (Wildman–Crippen LogP) is 4.48. The number of fused-ring (bicyclic) bond motifs is 3. The third-order valence-electron chi connectivity index (χ3n) is 2.59. The van der Waals surface area contributed by atoms with Crippen molar-refractivity contribution in [2.75, 3.05) is 5.73 Å². The largest absolute Gasteiger partial charge is 0.454 e. The van der Waals surface area contributed by atoms with Gasteiger partial charge in [-0.25, -0.2) is 0 Å². The average molecular weight is 252 g/mol. The Labute approximate surface area is 102 Å². The molecule has 0 amide bonds. The first kappa shape index (κ1) is 9.82. The maximum Gasteiger partial charge on any atom is 0.161 e. The highest BCUT2D eigenvalue weighted by molar-refractivity contribution is 6.42. The number of nitrogen functional groups attached to an aromatic ring is 1. The molecule has 0 saturated carbocycles. The van der Waals surface area contributed by atoms with Gasteiger partial charge in [-0.3, -0.25) is 0 Å². The molecule has 80 valence electrons. The number of rotatable bonds is 0. The Kier molecular flexibility index (Phi) is 2.03. The lowest BCUT2D eigenvalue weighted by Crippen LogP contribution is -1.86. The molecule has 0 aliphatic rings. The Hall–Kier alpha value is -1.38. The summed E-state index contributed by atoms with van der Waals surface area (Å²) in [5.74, 6) is 0. The van der Waals surface area contributed by atoms with Gasteiger partial charge in [0, 0.05) is 10.8 Å². The summed E-state index contributed by atoms with van der Waals surface area (Å²) in [4.78, 5) is 0. The summed E-state index contributed by atoms with van der Waals surface area (Å²) in [7, 11) is 0.